The van der Waals surface area contributed by atoms with Gasteiger partial charge >= 0.3 is 0 Å². The molecule has 1 unspecified atom stereocenters. The molecule has 2 aromatic rings. The fourth-order valence-corrected chi connectivity index (χ4v) is 2.88. The Bertz CT molecular complexity index is 878. The zero-order valence-corrected chi connectivity index (χ0v) is 15.7. The van der Waals surface area contributed by atoms with Gasteiger partial charge in [0.15, 0.2) is 0 Å². The van der Waals surface area contributed by atoms with E-state index in [2.05, 4.69) is 11.4 Å². The highest BCUT2D eigenvalue weighted by atomic mass is 35.5. The van der Waals surface area contributed by atoms with Gasteiger partial charge in [-0.1, -0.05) is 30.7 Å². The average molecular weight is 387 g/mol. The highest BCUT2D eigenvalue weighted by Gasteiger charge is 2.18. The molecule has 2 aromatic carbocycles. The van der Waals surface area contributed by atoms with Crippen LogP contribution >= 0.6 is 11.6 Å². The van der Waals surface area contributed by atoms with Crippen LogP contribution in [0.2, 0.25) is 5.02 Å². The molecule has 0 aliphatic carbocycles. The van der Waals surface area contributed by atoms with Crippen LogP contribution in [0.1, 0.15) is 31.0 Å². The smallest absolute Gasteiger partial charge is 0.271 e. The summed E-state index contributed by atoms with van der Waals surface area (Å²) in [6.45, 7) is 4.71. The predicted octanol–water partition coefficient (Wildman–Crippen LogP) is 4.14. The van der Waals surface area contributed by atoms with Gasteiger partial charge in [0, 0.05) is 18.2 Å². The number of carbonyl (C=O) groups is 1. The van der Waals surface area contributed by atoms with E-state index in [1.165, 1.54) is 18.2 Å². The minimum atomic E-state index is -0.546. The third kappa shape index (κ3) is 5.26. The SMILES string of the molecule is CCN(CC(=O)Nc1ccc([N+](=O)[O-])cc1Cl)C(C)c1ccc(C#N)cc1. The van der Waals surface area contributed by atoms with Crippen molar-refractivity contribution in [3.8, 4) is 6.07 Å². The molecular weight excluding hydrogens is 368 g/mol. The third-order valence-electron chi connectivity index (χ3n) is 4.26. The summed E-state index contributed by atoms with van der Waals surface area (Å²) in [5.41, 5.74) is 1.77. The molecule has 0 fully saturated rings. The van der Waals surface area contributed by atoms with Crippen molar-refractivity contribution in [2.45, 2.75) is 19.9 Å². The molecule has 0 aliphatic heterocycles. The number of nitrogens with one attached hydrogen (secondary N) is 1. The van der Waals surface area contributed by atoms with Gasteiger partial charge in [0.25, 0.3) is 5.69 Å². The zero-order chi connectivity index (χ0) is 20.0. The maximum Gasteiger partial charge on any atom is 0.271 e. The molecule has 27 heavy (non-hydrogen) atoms. The topological polar surface area (TPSA) is 99.3 Å². The molecule has 140 valence electrons. The van der Waals surface area contributed by atoms with E-state index < -0.39 is 4.92 Å². The fourth-order valence-electron chi connectivity index (χ4n) is 2.66. The quantitative estimate of drug-likeness (QED) is 0.569. The van der Waals surface area contributed by atoms with Crippen molar-refractivity contribution in [1.82, 2.24) is 4.90 Å². The Morgan fingerprint density at radius 1 is 1.33 bits per heavy atom. The molecule has 0 radical (unpaired) electrons. The maximum absolute atomic E-state index is 12.4. The van der Waals surface area contributed by atoms with Crippen LogP contribution in [0.4, 0.5) is 11.4 Å². The van der Waals surface area contributed by atoms with Gasteiger partial charge in [-0.3, -0.25) is 19.8 Å². The number of anilines is 1. The second-order valence-electron chi connectivity index (χ2n) is 5.94. The van der Waals surface area contributed by atoms with Gasteiger partial charge < -0.3 is 5.32 Å². The summed E-state index contributed by atoms with van der Waals surface area (Å²) >= 11 is 6.02. The van der Waals surface area contributed by atoms with Crippen LogP contribution in [0.15, 0.2) is 42.5 Å². The molecule has 1 N–H and O–H groups in total. The summed E-state index contributed by atoms with van der Waals surface area (Å²) in [5.74, 6) is -0.270. The molecular formula is C19H19ClN4O3. The Labute approximate surface area is 162 Å². The molecule has 8 heteroatoms. The number of hydrogen-bond donors (Lipinski definition) is 1. The first-order valence-corrected chi connectivity index (χ1v) is 8.71. The molecule has 2 rings (SSSR count). The Hall–Kier alpha value is -2.95. The van der Waals surface area contributed by atoms with E-state index in [9.17, 15) is 14.9 Å². The van der Waals surface area contributed by atoms with Crippen LogP contribution in [0.25, 0.3) is 0 Å². The van der Waals surface area contributed by atoms with E-state index in [-0.39, 0.29) is 29.2 Å². The minimum Gasteiger partial charge on any atom is -0.324 e. The van der Waals surface area contributed by atoms with Gasteiger partial charge in [-0.05, 0) is 37.2 Å². The summed E-state index contributed by atoms with van der Waals surface area (Å²) in [5, 5.41) is 22.4. The summed E-state index contributed by atoms with van der Waals surface area (Å²) in [6, 6.07) is 13.2. The number of nitriles is 1. The third-order valence-corrected chi connectivity index (χ3v) is 4.57. The van der Waals surface area contributed by atoms with E-state index >= 15 is 0 Å². The molecule has 0 aromatic heterocycles. The van der Waals surface area contributed by atoms with Gasteiger partial charge in [-0.25, -0.2) is 0 Å². The number of nitro groups is 1. The van der Waals surface area contributed by atoms with Crippen LogP contribution in [0.5, 0.6) is 0 Å². The Morgan fingerprint density at radius 2 is 2.00 bits per heavy atom. The Morgan fingerprint density at radius 3 is 2.52 bits per heavy atom. The summed E-state index contributed by atoms with van der Waals surface area (Å²) in [7, 11) is 0. The average Bonchev–Trinajstić information content (AvgIpc) is 2.67. The van der Waals surface area contributed by atoms with Crippen LogP contribution in [0, 0.1) is 21.4 Å². The molecule has 0 saturated carbocycles. The van der Waals surface area contributed by atoms with Crippen molar-refractivity contribution in [3.63, 3.8) is 0 Å². The molecule has 0 aliphatic rings. The number of carbonyl (C=O) groups excluding carboxylic acids is 1. The van der Waals surface area contributed by atoms with Crippen molar-refractivity contribution < 1.29 is 9.72 Å². The van der Waals surface area contributed by atoms with Crippen molar-refractivity contribution in [3.05, 3.63) is 68.7 Å². The van der Waals surface area contributed by atoms with E-state index in [1.54, 1.807) is 12.1 Å². The molecule has 0 heterocycles. The number of likely N-dealkylation sites (N-methyl/N-ethyl adjacent to an activating group) is 1. The zero-order valence-electron chi connectivity index (χ0n) is 15.0. The second kappa shape index (κ2) is 9.12. The molecule has 0 spiro atoms. The first-order chi connectivity index (χ1) is 12.8. The number of nitrogens with zero attached hydrogens (tertiary/aromatic N) is 3. The Balaban J connectivity index is 2.05. The van der Waals surface area contributed by atoms with Crippen molar-refractivity contribution >= 4 is 28.9 Å². The van der Waals surface area contributed by atoms with Crippen molar-refractivity contribution in [2.24, 2.45) is 0 Å². The number of amides is 1. The maximum atomic E-state index is 12.4. The highest BCUT2D eigenvalue weighted by molar-refractivity contribution is 6.34. The summed E-state index contributed by atoms with van der Waals surface area (Å²) < 4.78 is 0. The summed E-state index contributed by atoms with van der Waals surface area (Å²) in [4.78, 5) is 24.6. The van der Waals surface area contributed by atoms with Crippen molar-refractivity contribution in [2.75, 3.05) is 18.4 Å². The fraction of sp³-hybridized carbons (Fsp3) is 0.263. The number of hydrogen-bond acceptors (Lipinski definition) is 5. The number of rotatable bonds is 7. The standard InChI is InChI=1S/C19H19ClN4O3/c1-3-23(13(2)15-6-4-14(11-21)5-7-15)12-19(25)22-18-9-8-16(24(26)27)10-17(18)20/h4-10,13H,3,12H2,1-2H3,(H,22,25). The lowest BCUT2D eigenvalue weighted by Crippen LogP contribution is -2.35. The van der Waals surface area contributed by atoms with Crippen LogP contribution in [-0.2, 0) is 4.79 Å². The minimum absolute atomic E-state index is 0.0270. The van der Waals surface area contributed by atoms with E-state index in [1.807, 2.05) is 30.9 Å². The number of nitro benzene ring substituents is 1. The lowest BCUT2D eigenvalue weighted by atomic mass is 10.0. The van der Waals surface area contributed by atoms with Gasteiger partial charge in [0.2, 0.25) is 5.91 Å². The van der Waals surface area contributed by atoms with E-state index in [4.69, 9.17) is 16.9 Å². The molecule has 7 nitrogen and oxygen atoms in total. The summed E-state index contributed by atoms with van der Waals surface area (Å²) in [6.07, 6.45) is 0. The van der Waals surface area contributed by atoms with Gasteiger partial charge in [0.1, 0.15) is 0 Å². The first-order valence-electron chi connectivity index (χ1n) is 8.33. The number of non-ortho nitro benzene ring substituents is 1. The van der Waals surface area contributed by atoms with Crippen molar-refractivity contribution in [1.29, 1.82) is 5.26 Å². The van der Waals surface area contributed by atoms with Gasteiger partial charge in [0.05, 0.1) is 33.8 Å². The van der Waals surface area contributed by atoms with Crippen LogP contribution < -0.4 is 5.32 Å². The first kappa shape index (κ1) is 20.4. The monoisotopic (exact) mass is 386 g/mol. The molecule has 0 saturated heterocycles. The Kier molecular flexibility index (Phi) is 6.88. The lowest BCUT2D eigenvalue weighted by molar-refractivity contribution is -0.384. The van der Waals surface area contributed by atoms with E-state index in [0.717, 1.165) is 5.56 Å². The lowest BCUT2D eigenvalue weighted by Gasteiger charge is -2.27. The molecule has 0 bridgehead atoms. The number of benzene rings is 2. The van der Waals surface area contributed by atoms with E-state index in [0.29, 0.717) is 17.8 Å². The van der Waals surface area contributed by atoms with Gasteiger partial charge in [-0.15, -0.1) is 0 Å². The largest absolute Gasteiger partial charge is 0.324 e. The highest BCUT2D eigenvalue weighted by Crippen LogP contribution is 2.27. The predicted molar refractivity (Wildman–Crippen MR) is 104 cm³/mol. The molecule has 1 amide bonds. The normalized spacial score (nSPS) is 11.7. The second-order valence-corrected chi connectivity index (χ2v) is 6.35. The van der Waals surface area contributed by atoms with Crippen LogP contribution in [-0.4, -0.2) is 28.8 Å². The van der Waals surface area contributed by atoms with Gasteiger partial charge in [-0.2, -0.15) is 5.26 Å². The number of halogens is 1. The molecule has 1 atom stereocenters. The van der Waals surface area contributed by atoms with Crippen LogP contribution in [0.3, 0.4) is 0 Å².